The number of thiazole rings is 1. The van der Waals surface area contributed by atoms with E-state index in [1.807, 2.05) is 0 Å². The van der Waals surface area contributed by atoms with Gasteiger partial charge < -0.3 is 0 Å². The van der Waals surface area contributed by atoms with Crippen LogP contribution in [0.1, 0.15) is 20.8 Å². The van der Waals surface area contributed by atoms with Crippen LogP contribution in [0.2, 0.25) is 10.0 Å². The van der Waals surface area contributed by atoms with E-state index < -0.39 is 9.84 Å². The maximum atomic E-state index is 12.6. The van der Waals surface area contributed by atoms with Crippen LogP contribution in [-0.4, -0.2) is 24.2 Å². The third-order valence-electron chi connectivity index (χ3n) is 3.93. The summed E-state index contributed by atoms with van der Waals surface area (Å²) < 4.78 is 24.6. The average Bonchev–Trinajstić information content (AvgIpc) is 3.23. The van der Waals surface area contributed by atoms with E-state index in [1.165, 1.54) is 47.1 Å². The highest BCUT2D eigenvalue weighted by Gasteiger charge is 2.22. The molecule has 1 aromatic carbocycles. The van der Waals surface area contributed by atoms with Crippen LogP contribution in [0.4, 0.5) is 0 Å². The molecule has 1 aliphatic rings. The van der Waals surface area contributed by atoms with E-state index in [1.54, 1.807) is 24.3 Å². The molecule has 3 heterocycles. The maximum absolute atomic E-state index is 12.6. The minimum absolute atomic E-state index is 0.0892. The maximum Gasteiger partial charge on any atom is 0.200 e. The minimum atomic E-state index is -3.40. The number of rotatable bonds is 5. The van der Waals surface area contributed by atoms with Crippen molar-refractivity contribution in [2.45, 2.75) is 20.6 Å². The molecule has 0 unspecified atom stereocenters. The van der Waals surface area contributed by atoms with E-state index in [-0.39, 0.29) is 17.1 Å². The van der Waals surface area contributed by atoms with Gasteiger partial charge in [-0.05, 0) is 23.3 Å². The van der Waals surface area contributed by atoms with Gasteiger partial charge in [0.15, 0.2) is 20.0 Å². The van der Waals surface area contributed by atoms with Crippen molar-refractivity contribution in [2.75, 3.05) is 0 Å². The summed E-state index contributed by atoms with van der Waals surface area (Å²) in [7, 11) is -3.40. The van der Waals surface area contributed by atoms with Gasteiger partial charge in [-0.15, -0.1) is 11.3 Å². The summed E-state index contributed by atoms with van der Waals surface area (Å²) in [5, 5.41) is 1.99. The third kappa shape index (κ3) is 3.88. The number of sulfone groups is 1. The fraction of sp³-hybridized carbons (Fsp3) is 0.0556. The number of hydrogen-bond donors (Lipinski definition) is 0. The van der Waals surface area contributed by atoms with Gasteiger partial charge in [0.1, 0.15) is 0 Å². The lowest BCUT2D eigenvalue weighted by Crippen LogP contribution is -2.03. The molecule has 5 nitrogen and oxygen atoms in total. The number of carbonyl (C=O) groups excluding carboxylic acids is 1. The molecular weight excluding hydrogens is 459 g/mol. The number of aromatic nitrogens is 2. The number of carbonyl (C=O) groups is 1. The predicted molar refractivity (Wildman–Crippen MR) is 111 cm³/mol. The Morgan fingerprint density at radius 1 is 1.14 bits per heavy atom. The van der Waals surface area contributed by atoms with E-state index in [0.717, 1.165) is 0 Å². The summed E-state index contributed by atoms with van der Waals surface area (Å²) in [4.78, 5) is 22.1. The SMILES string of the molecule is O=C(Cc1ccc2c(c1)S(=O)(=O)C=C2)c1cnc(Sc2c(Cl)cncc2Cl)s1. The van der Waals surface area contributed by atoms with E-state index >= 15 is 0 Å². The molecule has 0 amide bonds. The van der Waals surface area contributed by atoms with Gasteiger partial charge in [0.05, 0.1) is 30.9 Å². The standard InChI is InChI=1S/C18H10Cl2N2O3S3/c19-12-7-21-8-13(20)17(12)27-18-22-9-15(26-18)14(23)5-10-1-2-11-3-4-28(24,25)16(11)6-10/h1-4,6-9H,5H2. The Kier molecular flexibility index (Phi) is 5.32. The average molecular weight is 469 g/mol. The van der Waals surface area contributed by atoms with Crippen LogP contribution in [0.3, 0.4) is 0 Å². The Labute approximate surface area is 179 Å². The molecule has 0 atom stereocenters. The lowest BCUT2D eigenvalue weighted by molar-refractivity contribution is 0.0996. The second-order valence-electron chi connectivity index (χ2n) is 5.84. The van der Waals surface area contributed by atoms with Gasteiger partial charge in [0.2, 0.25) is 0 Å². The Morgan fingerprint density at radius 2 is 1.89 bits per heavy atom. The number of ketones is 1. The Morgan fingerprint density at radius 3 is 2.64 bits per heavy atom. The predicted octanol–water partition coefficient (Wildman–Crippen LogP) is 5.18. The van der Waals surface area contributed by atoms with Gasteiger partial charge in [0.25, 0.3) is 0 Å². The molecule has 0 radical (unpaired) electrons. The number of Topliss-reactive ketones (excluding diaryl/α,β-unsaturated/α-hetero) is 1. The van der Waals surface area contributed by atoms with Crippen molar-refractivity contribution >= 4 is 68.0 Å². The molecule has 3 aromatic rings. The summed E-state index contributed by atoms with van der Waals surface area (Å²) in [6, 6.07) is 5.02. The molecule has 10 heteroatoms. The first-order chi connectivity index (χ1) is 13.3. The molecule has 2 aromatic heterocycles. The highest BCUT2D eigenvalue weighted by molar-refractivity contribution is 8.01. The molecule has 0 aliphatic carbocycles. The van der Waals surface area contributed by atoms with Crippen LogP contribution in [0.15, 0.2) is 56.3 Å². The van der Waals surface area contributed by atoms with Crippen molar-refractivity contribution in [3.05, 3.63) is 68.2 Å². The van der Waals surface area contributed by atoms with Crippen LogP contribution >= 0.6 is 46.3 Å². The minimum Gasteiger partial charge on any atom is -0.293 e. The number of benzene rings is 1. The molecule has 142 valence electrons. The number of hydrogen-bond acceptors (Lipinski definition) is 7. The fourth-order valence-corrected chi connectivity index (χ4v) is 6.30. The van der Waals surface area contributed by atoms with E-state index in [9.17, 15) is 13.2 Å². The number of halogens is 2. The number of pyridine rings is 1. The largest absolute Gasteiger partial charge is 0.293 e. The summed E-state index contributed by atoms with van der Waals surface area (Å²) in [6.07, 6.45) is 6.13. The van der Waals surface area contributed by atoms with Crippen molar-refractivity contribution < 1.29 is 13.2 Å². The highest BCUT2D eigenvalue weighted by Crippen LogP contribution is 2.39. The highest BCUT2D eigenvalue weighted by atomic mass is 35.5. The normalized spacial score (nSPS) is 14.2. The van der Waals surface area contributed by atoms with Gasteiger partial charge in [-0.25, -0.2) is 13.4 Å². The van der Waals surface area contributed by atoms with Crippen molar-refractivity contribution in [3.63, 3.8) is 0 Å². The smallest absolute Gasteiger partial charge is 0.200 e. The Bertz CT molecular complexity index is 1220. The third-order valence-corrected chi connectivity index (χ3v) is 8.45. The van der Waals surface area contributed by atoms with E-state index in [0.29, 0.717) is 35.3 Å². The first kappa shape index (κ1) is 19.6. The van der Waals surface area contributed by atoms with Crippen molar-refractivity contribution in [1.82, 2.24) is 9.97 Å². The van der Waals surface area contributed by atoms with E-state index in [4.69, 9.17) is 23.2 Å². The molecule has 1 aliphatic heterocycles. The lowest BCUT2D eigenvalue weighted by Gasteiger charge is -2.04. The molecular formula is C18H10Cl2N2O3S3. The monoisotopic (exact) mass is 468 g/mol. The zero-order valence-electron chi connectivity index (χ0n) is 13.9. The molecule has 4 rings (SSSR count). The first-order valence-electron chi connectivity index (χ1n) is 7.85. The van der Waals surface area contributed by atoms with Crippen molar-refractivity contribution in [3.8, 4) is 0 Å². The van der Waals surface area contributed by atoms with Crippen LogP contribution < -0.4 is 0 Å². The van der Waals surface area contributed by atoms with Crippen LogP contribution in [-0.2, 0) is 16.3 Å². The zero-order chi connectivity index (χ0) is 19.9. The van der Waals surface area contributed by atoms with Gasteiger partial charge in [-0.3, -0.25) is 9.78 Å². The summed E-state index contributed by atoms with van der Waals surface area (Å²) in [5.74, 6) is -0.139. The summed E-state index contributed by atoms with van der Waals surface area (Å²) in [6.45, 7) is 0. The van der Waals surface area contributed by atoms with Crippen LogP contribution in [0.5, 0.6) is 0 Å². The van der Waals surface area contributed by atoms with Crippen molar-refractivity contribution in [2.24, 2.45) is 0 Å². The van der Waals surface area contributed by atoms with E-state index in [2.05, 4.69) is 9.97 Å². The molecule has 0 N–H and O–H groups in total. The fourth-order valence-electron chi connectivity index (χ4n) is 2.60. The van der Waals surface area contributed by atoms with Crippen molar-refractivity contribution in [1.29, 1.82) is 0 Å². The molecule has 28 heavy (non-hydrogen) atoms. The molecule has 0 spiro atoms. The zero-order valence-corrected chi connectivity index (χ0v) is 17.9. The quantitative estimate of drug-likeness (QED) is 0.480. The Balaban J connectivity index is 1.52. The van der Waals surface area contributed by atoms with Gasteiger partial charge >= 0.3 is 0 Å². The topological polar surface area (TPSA) is 77.0 Å². The molecule has 0 saturated carbocycles. The Hall–Kier alpha value is -1.71. The summed E-state index contributed by atoms with van der Waals surface area (Å²) in [5.41, 5.74) is 1.28. The second-order valence-corrected chi connectivity index (χ2v) is 10.7. The first-order valence-corrected chi connectivity index (χ1v) is 11.8. The van der Waals surface area contributed by atoms with Crippen LogP contribution in [0.25, 0.3) is 6.08 Å². The second kappa shape index (κ2) is 7.61. The lowest BCUT2D eigenvalue weighted by atomic mass is 10.1. The number of fused-ring (bicyclic) bond motifs is 1. The summed E-state index contributed by atoms with van der Waals surface area (Å²) >= 11 is 14.7. The molecule has 0 saturated heterocycles. The molecule has 0 bridgehead atoms. The van der Waals surface area contributed by atoms with Gasteiger partial charge in [-0.1, -0.05) is 47.1 Å². The van der Waals surface area contributed by atoms with Gasteiger partial charge in [0, 0.05) is 24.2 Å². The van der Waals surface area contributed by atoms with Crippen LogP contribution in [0, 0.1) is 0 Å². The molecule has 0 fully saturated rings. The van der Waals surface area contributed by atoms with Gasteiger partial charge in [-0.2, -0.15) is 0 Å². The number of nitrogens with zero attached hydrogens (tertiary/aromatic N) is 2.